The number of unbranched alkanes of at least 4 members (excludes halogenated alkanes) is 3. The lowest BCUT2D eigenvalue weighted by molar-refractivity contribution is 0.0598. The number of ether oxygens (including phenoxy) is 2. The van der Waals surface area contributed by atoms with Gasteiger partial charge in [-0.1, -0.05) is 18.8 Å². The van der Waals surface area contributed by atoms with E-state index in [0.29, 0.717) is 24.5 Å². The van der Waals surface area contributed by atoms with E-state index in [1.807, 2.05) is 0 Å². The van der Waals surface area contributed by atoms with Crippen LogP contribution in [0.5, 0.6) is 0 Å². The van der Waals surface area contributed by atoms with Gasteiger partial charge in [-0.15, -0.1) is 6.42 Å². The van der Waals surface area contributed by atoms with Crippen LogP contribution in [0, 0.1) is 12.3 Å². The summed E-state index contributed by atoms with van der Waals surface area (Å²) in [4.78, 5) is 11.4. The molecule has 4 heteroatoms. The molecule has 0 bridgehead atoms. The predicted molar refractivity (Wildman–Crippen MR) is 71.9 cm³/mol. The van der Waals surface area contributed by atoms with Crippen LogP contribution in [-0.2, 0) is 15.9 Å². The molecule has 0 aliphatic heterocycles. The van der Waals surface area contributed by atoms with Crippen molar-refractivity contribution in [3.8, 4) is 12.3 Å². The summed E-state index contributed by atoms with van der Waals surface area (Å²) in [6.45, 7) is 1.09. The van der Waals surface area contributed by atoms with E-state index >= 15 is 0 Å². The van der Waals surface area contributed by atoms with E-state index in [-0.39, 0.29) is 5.97 Å². The fourth-order valence-corrected chi connectivity index (χ4v) is 1.80. The quantitative estimate of drug-likeness (QED) is 0.391. The lowest BCUT2D eigenvalue weighted by Crippen LogP contribution is -2.03. The number of hydrogen-bond donors (Lipinski definition) is 0. The topological polar surface area (TPSA) is 48.7 Å². The van der Waals surface area contributed by atoms with E-state index in [0.717, 1.165) is 32.1 Å². The van der Waals surface area contributed by atoms with Crippen molar-refractivity contribution in [1.82, 2.24) is 0 Å². The van der Waals surface area contributed by atoms with Gasteiger partial charge in [-0.2, -0.15) is 0 Å². The summed E-state index contributed by atoms with van der Waals surface area (Å²) in [5.41, 5.74) is 0.528. The maximum absolute atomic E-state index is 11.4. The molecule has 1 heterocycles. The summed E-state index contributed by atoms with van der Waals surface area (Å²) in [6, 6.07) is 1.65. The zero-order chi connectivity index (χ0) is 13.9. The van der Waals surface area contributed by atoms with Gasteiger partial charge >= 0.3 is 5.97 Å². The number of hydrogen-bond acceptors (Lipinski definition) is 4. The summed E-state index contributed by atoms with van der Waals surface area (Å²) in [7, 11) is 1.37. The molecule has 0 N–H and O–H groups in total. The van der Waals surface area contributed by atoms with E-state index in [1.54, 1.807) is 6.07 Å². The molecule has 0 amide bonds. The van der Waals surface area contributed by atoms with Crippen LogP contribution in [0.25, 0.3) is 0 Å². The average molecular weight is 264 g/mol. The molecular weight excluding hydrogens is 244 g/mol. The Morgan fingerprint density at radius 1 is 1.37 bits per heavy atom. The molecule has 0 spiro atoms. The van der Waals surface area contributed by atoms with Crippen molar-refractivity contribution < 1.29 is 18.7 Å². The van der Waals surface area contributed by atoms with Crippen LogP contribution >= 0.6 is 0 Å². The highest BCUT2D eigenvalue weighted by molar-refractivity contribution is 5.90. The van der Waals surface area contributed by atoms with Gasteiger partial charge in [-0.25, -0.2) is 4.79 Å². The highest BCUT2D eigenvalue weighted by Crippen LogP contribution is 2.15. The van der Waals surface area contributed by atoms with Crippen molar-refractivity contribution in [2.75, 3.05) is 20.3 Å². The van der Waals surface area contributed by atoms with Crippen molar-refractivity contribution in [2.45, 2.75) is 32.1 Å². The fourth-order valence-electron chi connectivity index (χ4n) is 1.80. The summed E-state index contributed by atoms with van der Waals surface area (Å²) < 4.78 is 15.2. The molecule has 104 valence electrons. The molecule has 1 aromatic heterocycles. The molecule has 4 nitrogen and oxygen atoms in total. The van der Waals surface area contributed by atoms with Crippen molar-refractivity contribution in [2.24, 2.45) is 0 Å². The summed E-state index contributed by atoms with van der Waals surface area (Å²) in [6.07, 6.45) is 11.5. The second kappa shape index (κ2) is 9.23. The minimum absolute atomic E-state index is 0.341. The zero-order valence-corrected chi connectivity index (χ0v) is 11.3. The molecule has 0 atom stereocenters. The van der Waals surface area contributed by atoms with Gasteiger partial charge in [0.05, 0.1) is 13.4 Å². The summed E-state index contributed by atoms with van der Waals surface area (Å²) in [5.74, 6) is 2.80. The Bertz CT molecular complexity index is 414. The van der Waals surface area contributed by atoms with Crippen LogP contribution in [0.1, 0.15) is 41.8 Å². The molecule has 19 heavy (non-hydrogen) atoms. The number of terminal acetylenes is 1. The second-order valence-corrected chi connectivity index (χ2v) is 4.17. The summed E-state index contributed by atoms with van der Waals surface area (Å²) >= 11 is 0. The SMILES string of the molecule is C#CCOCCCCCCc1occc1C(=O)OC. The summed E-state index contributed by atoms with van der Waals surface area (Å²) in [5, 5.41) is 0. The van der Waals surface area contributed by atoms with Crippen LogP contribution in [0.15, 0.2) is 16.7 Å². The Balaban J connectivity index is 2.15. The van der Waals surface area contributed by atoms with Gasteiger partial charge in [0.15, 0.2) is 0 Å². The predicted octanol–water partition coefficient (Wildman–Crippen LogP) is 2.82. The highest BCUT2D eigenvalue weighted by atomic mass is 16.5. The minimum Gasteiger partial charge on any atom is -0.468 e. The first-order valence-corrected chi connectivity index (χ1v) is 6.45. The lowest BCUT2D eigenvalue weighted by Gasteiger charge is -2.02. The number of methoxy groups -OCH3 is 1. The monoisotopic (exact) mass is 264 g/mol. The molecular formula is C15H20O4. The number of rotatable bonds is 9. The minimum atomic E-state index is -0.341. The molecule has 1 aromatic rings. The van der Waals surface area contributed by atoms with Crippen molar-refractivity contribution >= 4 is 5.97 Å². The molecule has 0 aliphatic rings. The standard InChI is InChI=1S/C15H20O4/c1-3-10-18-11-7-5-4-6-8-14-13(9-12-19-14)15(16)17-2/h1,9,12H,4-8,10-11H2,2H3. The lowest BCUT2D eigenvalue weighted by atomic mass is 10.1. The molecule has 0 aliphatic carbocycles. The Morgan fingerprint density at radius 3 is 2.89 bits per heavy atom. The Labute approximate surface area is 114 Å². The van der Waals surface area contributed by atoms with Gasteiger partial charge < -0.3 is 13.9 Å². The van der Waals surface area contributed by atoms with Crippen LogP contribution in [-0.4, -0.2) is 26.3 Å². The molecule has 0 saturated heterocycles. The second-order valence-electron chi connectivity index (χ2n) is 4.17. The van der Waals surface area contributed by atoms with Gasteiger partial charge in [0, 0.05) is 13.0 Å². The molecule has 1 rings (SSSR count). The zero-order valence-electron chi connectivity index (χ0n) is 11.3. The van der Waals surface area contributed by atoms with Crippen LogP contribution < -0.4 is 0 Å². The van der Waals surface area contributed by atoms with E-state index in [4.69, 9.17) is 15.6 Å². The number of esters is 1. The number of aryl methyl sites for hydroxylation is 1. The molecule has 0 saturated carbocycles. The van der Waals surface area contributed by atoms with E-state index in [9.17, 15) is 4.79 Å². The van der Waals surface area contributed by atoms with E-state index in [2.05, 4.69) is 10.7 Å². The average Bonchev–Trinajstić information content (AvgIpc) is 2.89. The Kier molecular flexibility index (Phi) is 7.45. The molecule has 0 radical (unpaired) electrons. The molecule has 0 fully saturated rings. The first-order valence-electron chi connectivity index (χ1n) is 6.45. The van der Waals surface area contributed by atoms with E-state index in [1.165, 1.54) is 13.4 Å². The largest absolute Gasteiger partial charge is 0.468 e. The normalized spacial score (nSPS) is 10.1. The fraction of sp³-hybridized carbons (Fsp3) is 0.533. The van der Waals surface area contributed by atoms with E-state index < -0.39 is 0 Å². The van der Waals surface area contributed by atoms with Crippen molar-refractivity contribution in [3.63, 3.8) is 0 Å². The molecule has 0 unspecified atom stereocenters. The first-order chi connectivity index (χ1) is 9.29. The maximum Gasteiger partial charge on any atom is 0.341 e. The number of carbonyl (C=O) groups excluding carboxylic acids is 1. The molecule has 0 aromatic carbocycles. The third-order valence-corrected chi connectivity index (χ3v) is 2.78. The van der Waals surface area contributed by atoms with Gasteiger partial charge in [-0.3, -0.25) is 0 Å². The van der Waals surface area contributed by atoms with Crippen LogP contribution in [0.4, 0.5) is 0 Å². The smallest absolute Gasteiger partial charge is 0.341 e. The maximum atomic E-state index is 11.4. The highest BCUT2D eigenvalue weighted by Gasteiger charge is 2.14. The Morgan fingerprint density at radius 2 is 2.16 bits per heavy atom. The third kappa shape index (κ3) is 5.62. The first kappa shape index (κ1) is 15.3. The van der Waals surface area contributed by atoms with Crippen molar-refractivity contribution in [3.05, 3.63) is 23.7 Å². The number of carbonyl (C=O) groups is 1. The van der Waals surface area contributed by atoms with Crippen LogP contribution in [0.2, 0.25) is 0 Å². The Hall–Kier alpha value is -1.73. The van der Waals surface area contributed by atoms with Crippen molar-refractivity contribution in [1.29, 1.82) is 0 Å². The van der Waals surface area contributed by atoms with Crippen LogP contribution in [0.3, 0.4) is 0 Å². The van der Waals surface area contributed by atoms with Gasteiger partial charge in [-0.05, 0) is 18.9 Å². The van der Waals surface area contributed by atoms with Gasteiger partial charge in [0.25, 0.3) is 0 Å². The number of furan rings is 1. The van der Waals surface area contributed by atoms with Gasteiger partial charge in [0.1, 0.15) is 17.9 Å². The third-order valence-electron chi connectivity index (χ3n) is 2.78. The van der Waals surface area contributed by atoms with Gasteiger partial charge in [0.2, 0.25) is 0 Å².